The molecule has 1 saturated carbocycles. The van der Waals surface area contributed by atoms with E-state index < -0.39 is 17.0 Å². The first-order valence-electron chi connectivity index (χ1n) is 8.76. The molecule has 0 aliphatic heterocycles. The van der Waals surface area contributed by atoms with Crippen molar-refractivity contribution in [1.82, 2.24) is 0 Å². The van der Waals surface area contributed by atoms with Gasteiger partial charge >= 0.3 is 35.6 Å². The molecule has 4 heteroatoms. The predicted molar refractivity (Wildman–Crippen MR) is 111 cm³/mol. The molecule has 0 amide bonds. The Morgan fingerprint density at radius 2 is 1.04 bits per heavy atom. The normalized spacial score (nSPS) is 13.6. The molecular weight excluding hydrogens is 387 g/mol. The van der Waals surface area contributed by atoms with E-state index in [2.05, 4.69) is 60.6 Å². The Balaban J connectivity index is 0. The SMILES string of the molecule is C1CCCC1.Cc1cc(C(C)(C)C)c(O)c(C(C)(C)C)c1.[CH3-].[Cl][Ti][Cl]. The van der Waals surface area contributed by atoms with Crippen LogP contribution in [0.5, 0.6) is 5.75 Å². The molecule has 0 heterocycles. The van der Waals surface area contributed by atoms with Crippen LogP contribution in [0.15, 0.2) is 12.1 Å². The van der Waals surface area contributed by atoms with Crippen LogP contribution in [-0.4, -0.2) is 5.11 Å². The van der Waals surface area contributed by atoms with Gasteiger partial charge in [0.05, 0.1) is 0 Å². The molecule has 25 heavy (non-hydrogen) atoms. The van der Waals surface area contributed by atoms with E-state index in [-0.39, 0.29) is 18.3 Å². The molecule has 0 spiro atoms. The van der Waals surface area contributed by atoms with Crippen molar-refractivity contribution >= 4 is 18.6 Å². The number of rotatable bonds is 0. The molecular formula is C21H37Cl2OTi-. The van der Waals surface area contributed by atoms with Crippen molar-refractivity contribution in [3.63, 3.8) is 0 Å². The summed E-state index contributed by atoms with van der Waals surface area (Å²) in [5.74, 6) is 0.464. The molecule has 1 aliphatic rings. The summed E-state index contributed by atoms with van der Waals surface area (Å²) in [6.07, 6.45) is 7.50. The standard InChI is InChI=1S/C15H24O.C5H10.CH3.2ClH.Ti/c1-10-8-11(14(2,3)4)13(16)12(9-10)15(5,6)7;1-2-4-5-3-1;;;;/h8-9,16H,1-7H3;1-5H2;1H3;2*1H;/q;;-1;;;+2/p-2. The van der Waals surface area contributed by atoms with Crippen LogP contribution in [-0.2, 0) is 27.9 Å². The second-order valence-corrected chi connectivity index (χ2v) is 11.1. The molecule has 0 saturated heterocycles. The number of phenols is 1. The van der Waals surface area contributed by atoms with Gasteiger partial charge in [0.2, 0.25) is 0 Å². The number of hydrogen-bond acceptors (Lipinski definition) is 1. The van der Waals surface area contributed by atoms with Gasteiger partial charge in [-0.25, -0.2) is 0 Å². The molecule has 0 radical (unpaired) electrons. The molecule has 0 unspecified atom stereocenters. The van der Waals surface area contributed by atoms with Crippen molar-refractivity contribution in [3.05, 3.63) is 36.2 Å². The van der Waals surface area contributed by atoms with Crippen LogP contribution in [0.2, 0.25) is 0 Å². The first-order valence-corrected chi connectivity index (χ1v) is 13.1. The maximum atomic E-state index is 10.4. The predicted octanol–water partition coefficient (Wildman–Crippen LogP) is 8.07. The number of halogens is 2. The van der Waals surface area contributed by atoms with Gasteiger partial charge in [-0.2, -0.15) is 0 Å². The minimum absolute atomic E-state index is 0. The number of phenolic OH excluding ortho intramolecular Hbond substituents is 1. The minimum atomic E-state index is -0.556. The van der Waals surface area contributed by atoms with E-state index in [4.69, 9.17) is 18.6 Å². The Labute approximate surface area is 173 Å². The third kappa shape index (κ3) is 10.9. The summed E-state index contributed by atoms with van der Waals surface area (Å²) in [7, 11) is 9.78. The van der Waals surface area contributed by atoms with Gasteiger partial charge in [-0.05, 0) is 28.9 Å². The van der Waals surface area contributed by atoms with Crippen molar-refractivity contribution in [1.29, 1.82) is 0 Å². The summed E-state index contributed by atoms with van der Waals surface area (Å²) in [4.78, 5) is 0. The van der Waals surface area contributed by atoms with Crippen molar-refractivity contribution < 1.29 is 22.1 Å². The second-order valence-electron chi connectivity index (χ2n) is 8.55. The van der Waals surface area contributed by atoms with Gasteiger partial charge in [0.25, 0.3) is 0 Å². The molecule has 1 fully saturated rings. The Morgan fingerprint density at radius 3 is 1.24 bits per heavy atom. The third-order valence-corrected chi connectivity index (χ3v) is 4.12. The summed E-state index contributed by atoms with van der Waals surface area (Å²) >= 11 is -0.556. The number of benzene rings is 1. The Hall–Kier alpha value is 0.314. The fourth-order valence-corrected chi connectivity index (χ4v) is 2.81. The summed E-state index contributed by atoms with van der Waals surface area (Å²) in [6.45, 7) is 14.9. The molecule has 1 aliphatic carbocycles. The van der Waals surface area contributed by atoms with Crippen LogP contribution in [0.25, 0.3) is 0 Å². The van der Waals surface area contributed by atoms with E-state index in [9.17, 15) is 5.11 Å². The zero-order valence-corrected chi connectivity index (χ0v) is 20.5. The fourth-order valence-electron chi connectivity index (χ4n) is 2.81. The van der Waals surface area contributed by atoms with Crippen LogP contribution in [0, 0.1) is 14.4 Å². The van der Waals surface area contributed by atoms with E-state index in [0.717, 1.165) is 11.1 Å². The van der Waals surface area contributed by atoms with Crippen LogP contribution in [0.1, 0.15) is 90.3 Å². The molecule has 1 aromatic rings. The van der Waals surface area contributed by atoms with Gasteiger partial charge < -0.3 is 12.5 Å². The first-order chi connectivity index (χ1) is 10.9. The monoisotopic (exact) mass is 423 g/mol. The number of aromatic hydroxyl groups is 1. The topological polar surface area (TPSA) is 20.2 Å². The van der Waals surface area contributed by atoms with E-state index in [1.165, 1.54) is 37.7 Å². The Morgan fingerprint density at radius 1 is 0.800 bits per heavy atom. The zero-order valence-electron chi connectivity index (χ0n) is 17.4. The summed E-state index contributed by atoms with van der Waals surface area (Å²) in [5, 5.41) is 10.4. The van der Waals surface area contributed by atoms with Crippen LogP contribution < -0.4 is 0 Å². The van der Waals surface area contributed by atoms with Gasteiger partial charge in [-0.15, -0.1) is 0 Å². The van der Waals surface area contributed by atoms with Gasteiger partial charge in [0.15, 0.2) is 0 Å². The Bertz CT molecular complexity index is 441. The average molecular weight is 424 g/mol. The van der Waals surface area contributed by atoms with Gasteiger partial charge in [-0.1, -0.05) is 91.3 Å². The van der Waals surface area contributed by atoms with E-state index in [1.54, 1.807) is 0 Å². The second kappa shape index (κ2) is 12.7. The van der Waals surface area contributed by atoms with E-state index in [0.29, 0.717) is 5.75 Å². The molecule has 0 bridgehead atoms. The van der Waals surface area contributed by atoms with Gasteiger partial charge in [0, 0.05) is 0 Å². The van der Waals surface area contributed by atoms with Crippen LogP contribution in [0.3, 0.4) is 0 Å². The molecule has 0 atom stereocenters. The van der Waals surface area contributed by atoms with Crippen molar-refractivity contribution in [3.8, 4) is 5.75 Å². The quantitative estimate of drug-likeness (QED) is 0.330. The molecule has 1 aromatic carbocycles. The molecule has 146 valence electrons. The third-order valence-electron chi connectivity index (χ3n) is 4.12. The van der Waals surface area contributed by atoms with Crippen LogP contribution in [0.4, 0.5) is 0 Å². The molecule has 0 aromatic heterocycles. The van der Waals surface area contributed by atoms with E-state index in [1.807, 2.05) is 0 Å². The summed E-state index contributed by atoms with van der Waals surface area (Å²) in [5.41, 5.74) is 3.26. The number of aryl methyl sites for hydroxylation is 1. The van der Waals surface area contributed by atoms with Crippen molar-refractivity contribution in [2.45, 2.75) is 91.4 Å². The maximum absolute atomic E-state index is 10.4. The summed E-state index contributed by atoms with van der Waals surface area (Å²) in [6, 6.07) is 4.18. The van der Waals surface area contributed by atoms with E-state index >= 15 is 0 Å². The molecule has 2 rings (SSSR count). The Kier molecular flexibility index (Phi) is 13.9. The van der Waals surface area contributed by atoms with Gasteiger partial charge in [-0.3, -0.25) is 0 Å². The molecule has 1 nitrogen and oxygen atoms in total. The van der Waals surface area contributed by atoms with Gasteiger partial charge in [0.1, 0.15) is 5.75 Å². The average Bonchev–Trinajstić information content (AvgIpc) is 2.98. The zero-order chi connectivity index (χ0) is 19.0. The molecule has 1 N–H and O–H groups in total. The van der Waals surface area contributed by atoms with Crippen LogP contribution >= 0.6 is 18.6 Å². The first kappa shape index (κ1) is 27.5. The van der Waals surface area contributed by atoms with Crippen molar-refractivity contribution in [2.24, 2.45) is 0 Å². The summed E-state index contributed by atoms with van der Waals surface area (Å²) < 4.78 is 0. The number of hydrogen-bond donors (Lipinski definition) is 1. The fraction of sp³-hybridized carbons (Fsp3) is 0.667. The van der Waals surface area contributed by atoms with Crippen molar-refractivity contribution in [2.75, 3.05) is 0 Å².